The molecule has 0 spiro atoms. The number of nitrogens with zero attached hydrogens (tertiary/aromatic N) is 2. The van der Waals surface area contributed by atoms with Gasteiger partial charge in [0, 0.05) is 16.7 Å². The number of aliphatic carboxylic acids is 1. The second kappa shape index (κ2) is 5.42. The van der Waals surface area contributed by atoms with Crippen molar-refractivity contribution in [2.45, 2.75) is 6.54 Å². The smallest absolute Gasteiger partial charge is 0.325 e. The van der Waals surface area contributed by atoms with Gasteiger partial charge in [-0.15, -0.1) is 0 Å². The molecule has 0 aliphatic heterocycles. The topological polar surface area (TPSA) is 72.2 Å². The maximum Gasteiger partial charge on any atom is 0.325 e. The average Bonchev–Trinajstić information content (AvgIpc) is 2.34. The molecule has 5 nitrogen and oxygen atoms in total. The fraction of sp³-hybridized carbons (Fsp3) is 0.0833. The van der Waals surface area contributed by atoms with Gasteiger partial charge < -0.3 is 5.11 Å². The lowest BCUT2D eigenvalue weighted by Gasteiger charge is -2.07. The van der Waals surface area contributed by atoms with Crippen molar-refractivity contribution >= 4 is 29.2 Å². The molecule has 98 valence electrons. The first-order chi connectivity index (χ1) is 8.97. The summed E-state index contributed by atoms with van der Waals surface area (Å²) in [7, 11) is 0. The first kappa shape index (κ1) is 13.6. The van der Waals surface area contributed by atoms with Crippen molar-refractivity contribution in [2.24, 2.45) is 0 Å². The van der Waals surface area contributed by atoms with E-state index in [1.165, 1.54) is 12.1 Å². The van der Waals surface area contributed by atoms with Gasteiger partial charge in [-0.05, 0) is 24.3 Å². The van der Waals surface area contributed by atoms with E-state index in [0.29, 0.717) is 21.3 Å². The highest BCUT2D eigenvalue weighted by Gasteiger charge is 2.09. The third-order valence-corrected chi connectivity index (χ3v) is 2.92. The van der Waals surface area contributed by atoms with Crippen LogP contribution in [0, 0.1) is 0 Å². The molecule has 1 heterocycles. The molecule has 1 N–H and O–H groups in total. The molecule has 2 aromatic rings. The Morgan fingerprint density at radius 3 is 2.68 bits per heavy atom. The van der Waals surface area contributed by atoms with Crippen LogP contribution in [0.4, 0.5) is 0 Å². The molecule has 0 amide bonds. The second-order valence-electron chi connectivity index (χ2n) is 3.73. The number of hydrogen-bond donors (Lipinski definition) is 1. The lowest BCUT2D eigenvalue weighted by Crippen LogP contribution is -2.26. The van der Waals surface area contributed by atoms with E-state index >= 15 is 0 Å². The summed E-state index contributed by atoms with van der Waals surface area (Å²) >= 11 is 11.9. The first-order valence-corrected chi connectivity index (χ1v) is 5.98. The SMILES string of the molecule is O=C(O)Cn1nc(-c2cc(Cl)ccc2Cl)ccc1=O. The minimum Gasteiger partial charge on any atom is -0.480 e. The van der Waals surface area contributed by atoms with Crippen LogP contribution in [-0.4, -0.2) is 20.9 Å². The summed E-state index contributed by atoms with van der Waals surface area (Å²) in [4.78, 5) is 22.1. The van der Waals surface area contributed by atoms with E-state index in [1.807, 2.05) is 0 Å². The van der Waals surface area contributed by atoms with Crippen molar-refractivity contribution in [1.82, 2.24) is 9.78 Å². The Morgan fingerprint density at radius 1 is 1.26 bits per heavy atom. The molecule has 0 radical (unpaired) electrons. The van der Waals surface area contributed by atoms with Crippen LogP contribution in [0.5, 0.6) is 0 Å². The third kappa shape index (κ3) is 3.13. The Balaban J connectivity index is 2.54. The highest BCUT2D eigenvalue weighted by atomic mass is 35.5. The molecule has 19 heavy (non-hydrogen) atoms. The number of aromatic nitrogens is 2. The molecule has 1 aromatic carbocycles. The maximum absolute atomic E-state index is 11.5. The van der Waals surface area contributed by atoms with Gasteiger partial charge in [-0.3, -0.25) is 9.59 Å². The molecular weight excluding hydrogens is 291 g/mol. The van der Waals surface area contributed by atoms with Crippen LogP contribution in [0.15, 0.2) is 35.1 Å². The van der Waals surface area contributed by atoms with Crippen molar-refractivity contribution in [2.75, 3.05) is 0 Å². The normalized spacial score (nSPS) is 10.4. The Kier molecular flexibility index (Phi) is 3.87. The van der Waals surface area contributed by atoms with Crippen molar-refractivity contribution in [1.29, 1.82) is 0 Å². The van der Waals surface area contributed by atoms with Gasteiger partial charge in [0.05, 0.1) is 10.7 Å². The summed E-state index contributed by atoms with van der Waals surface area (Å²) in [5.41, 5.74) is 0.422. The molecule has 2 rings (SSSR count). The number of carboxylic acid groups (broad SMARTS) is 1. The minimum absolute atomic E-state index is 0.383. The summed E-state index contributed by atoms with van der Waals surface area (Å²) < 4.78 is 0.856. The fourth-order valence-corrected chi connectivity index (χ4v) is 1.91. The summed E-state index contributed by atoms with van der Waals surface area (Å²) in [6.45, 7) is -0.509. The summed E-state index contributed by atoms with van der Waals surface area (Å²) in [6.07, 6.45) is 0. The van der Waals surface area contributed by atoms with Crippen LogP contribution in [0.25, 0.3) is 11.3 Å². The molecule has 0 unspecified atom stereocenters. The Hall–Kier alpha value is -1.85. The average molecular weight is 299 g/mol. The molecule has 7 heteroatoms. The zero-order valence-electron chi connectivity index (χ0n) is 9.51. The number of carbonyl (C=O) groups is 1. The van der Waals surface area contributed by atoms with Gasteiger partial charge in [-0.25, -0.2) is 4.68 Å². The quantitative estimate of drug-likeness (QED) is 0.944. The number of benzene rings is 1. The summed E-state index contributed by atoms with van der Waals surface area (Å²) in [5.74, 6) is -1.15. The monoisotopic (exact) mass is 298 g/mol. The Morgan fingerprint density at radius 2 is 2.00 bits per heavy atom. The van der Waals surface area contributed by atoms with Gasteiger partial charge in [-0.2, -0.15) is 5.10 Å². The van der Waals surface area contributed by atoms with E-state index in [4.69, 9.17) is 28.3 Å². The van der Waals surface area contributed by atoms with Crippen LogP contribution in [0.1, 0.15) is 0 Å². The predicted molar refractivity (Wildman–Crippen MR) is 71.6 cm³/mol. The van der Waals surface area contributed by atoms with Crippen LogP contribution in [-0.2, 0) is 11.3 Å². The van der Waals surface area contributed by atoms with Crippen molar-refractivity contribution < 1.29 is 9.90 Å². The van der Waals surface area contributed by atoms with E-state index in [9.17, 15) is 9.59 Å². The van der Waals surface area contributed by atoms with Crippen LogP contribution >= 0.6 is 23.2 Å². The fourth-order valence-electron chi connectivity index (χ4n) is 1.53. The predicted octanol–water partition coefficient (Wildman–Crippen LogP) is 2.30. The van der Waals surface area contributed by atoms with E-state index < -0.39 is 18.1 Å². The zero-order chi connectivity index (χ0) is 14.0. The van der Waals surface area contributed by atoms with Gasteiger partial charge >= 0.3 is 5.97 Å². The highest BCUT2D eigenvalue weighted by Crippen LogP contribution is 2.28. The standard InChI is InChI=1S/C12H8Cl2N2O3/c13-7-1-2-9(14)8(5-7)10-3-4-11(17)16(15-10)6-12(18)19/h1-5H,6H2,(H,18,19). The molecule has 0 aliphatic carbocycles. The van der Waals surface area contributed by atoms with Crippen molar-refractivity contribution in [3.8, 4) is 11.3 Å². The van der Waals surface area contributed by atoms with Gasteiger partial charge in [0.1, 0.15) is 6.54 Å². The van der Waals surface area contributed by atoms with Gasteiger partial charge in [0.25, 0.3) is 5.56 Å². The Labute approximate surface area is 118 Å². The molecule has 0 saturated heterocycles. The molecular formula is C12H8Cl2N2O3. The number of rotatable bonds is 3. The van der Waals surface area contributed by atoms with E-state index in [2.05, 4.69) is 5.10 Å². The first-order valence-electron chi connectivity index (χ1n) is 5.23. The van der Waals surface area contributed by atoms with Crippen molar-refractivity contribution in [3.63, 3.8) is 0 Å². The van der Waals surface area contributed by atoms with Gasteiger partial charge in [-0.1, -0.05) is 23.2 Å². The highest BCUT2D eigenvalue weighted by molar-refractivity contribution is 6.35. The summed E-state index contributed by atoms with van der Waals surface area (Å²) in [6, 6.07) is 7.54. The van der Waals surface area contributed by atoms with Crippen LogP contribution < -0.4 is 5.56 Å². The Bertz CT molecular complexity index is 698. The molecule has 0 saturated carbocycles. The third-order valence-electron chi connectivity index (χ3n) is 2.36. The maximum atomic E-state index is 11.5. The zero-order valence-corrected chi connectivity index (χ0v) is 11.0. The molecule has 0 bridgehead atoms. The number of hydrogen-bond acceptors (Lipinski definition) is 3. The van der Waals surface area contributed by atoms with Crippen LogP contribution in [0.2, 0.25) is 10.0 Å². The van der Waals surface area contributed by atoms with E-state index in [0.717, 1.165) is 4.68 Å². The summed E-state index contributed by atoms with van der Waals surface area (Å²) in [5, 5.41) is 13.6. The molecule has 0 aliphatic rings. The molecule has 0 atom stereocenters. The van der Waals surface area contributed by atoms with Crippen molar-refractivity contribution in [3.05, 3.63) is 50.7 Å². The van der Waals surface area contributed by atoms with Crippen LogP contribution in [0.3, 0.4) is 0 Å². The largest absolute Gasteiger partial charge is 0.480 e. The second-order valence-corrected chi connectivity index (χ2v) is 4.58. The van der Waals surface area contributed by atoms with E-state index in [1.54, 1.807) is 18.2 Å². The molecule has 1 aromatic heterocycles. The molecule has 0 fully saturated rings. The number of halogens is 2. The van der Waals surface area contributed by atoms with Gasteiger partial charge in [0.2, 0.25) is 0 Å². The number of carboxylic acids is 1. The van der Waals surface area contributed by atoms with Gasteiger partial charge in [0.15, 0.2) is 0 Å². The minimum atomic E-state index is -1.15. The lowest BCUT2D eigenvalue weighted by atomic mass is 10.1. The van der Waals surface area contributed by atoms with E-state index in [-0.39, 0.29) is 0 Å². The lowest BCUT2D eigenvalue weighted by molar-refractivity contribution is -0.138.